The Balaban J connectivity index is 2.42. The summed E-state index contributed by atoms with van der Waals surface area (Å²) >= 11 is 11.9. The minimum atomic E-state index is -0.743. The molecule has 0 aliphatic heterocycles. The Morgan fingerprint density at radius 1 is 0.875 bits per heavy atom. The van der Waals surface area contributed by atoms with Gasteiger partial charge < -0.3 is 5.11 Å². The third-order valence-corrected chi connectivity index (χ3v) is 3.22. The maximum Gasteiger partial charge on any atom is 0.106 e. The van der Waals surface area contributed by atoms with Crippen LogP contribution in [0.25, 0.3) is 0 Å². The van der Waals surface area contributed by atoms with Gasteiger partial charge in [0.25, 0.3) is 0 Å². The zero-order chi connectivity index (χ0) is 11.5. The Morgan fingerprint density at radius 2 is 1.56 bits per heavy atom. The van der Waals surface area contributed by atoms with Gasteiger partial charge in [0.05, 0.1) is 10.0 Å². The highest BCUT2D eigenvalue weighted by atomic mass is 35.5. The van der Waals surface area contributed by atoms with Gasteiger partial charge >= 0.3 is 0 Å². The van der Waals surface area contributed by atoms with E-state index in [0.717, 1.165) is 5.56 Å². The van der Waals surface area contributed by atoms with Crippen molar-refractivity contribution in [2.24, 2.45) is 0 Å². The van der Waals surface area contributed by atoms with E-state index >= 15 is 0 Å². The molecule has 0 amide bonds. The van der Waals surface area contributed by atoms with Crippen molar-refractivity contribution in [3.05, 3.63) is 69.7 Å². The summed E-state index contributed by atoms with van der Waals surface area (Å²) in [5, 5.41) is 11.0. The van der Waals surface area contributed by atoms with Crippen LogP contribution in [-0.2, 0) is 0 Å². The molecule has 2 rings (SSSR count). The summed E-state index contributed by atoms with van der Waals surface area (Å²) in [4.78, 5) is 0. The van der Waals surface area contributed by atoms with E-state index in [9.17, 15) is 5.11 Å². The van der Waals surface area contributed by atoms with E-state index < -0.39 is 6.10 Å². The lowest BCUT2D eigenvalue weighted by Crippen LogP contribution is -2.00. The molecular weight excluding hydrogens is 243 g/mol. The molecule has 82 valence electrons. The molecule has 0 aliphatic carbocycles. The Hall–Kier alpha value is -1.02. The predicted octanol–water partition coefficient (Wildman–Crippen LogP) is 4.08. The fraction of sp³-hybridized carbons (Fsp3) is 0.0769. The number of benzene rings is 2. The van der Waals surface area contributed by atoms with Crippen LogP contribution >= 0.6 is 23.2 Å². The quantitative estimate of drug-likeness (QED) is 0.855. The first kappa shape index (κ1) is 11.5. The van der Waals surface area contributed by atoms with Crippen molar-refractivity contribution < 1.29 is 5.11 Å². The fourth-order valence-electron chi connectivity index (χ4n) is 1.55. The molecule has 0 saturated carbocycles. The first-order valence-electron chi connectivity index (χ1n) is 4.87. The second-order valence-corrected chi connectivity index (χ2v) is 4.24. The van der Waals surface area contributed by atoms with Crippen molar-refractivity contribution in [2.45, 2.75) is 6.10 Å². The molecule has 1 atom stereocenters. The van der Waals surface area contributed by atoms with Crippen LogP contribution in [0, 0.1) is 0 Å². The van der Waals surface area contributed by atoms with Crippen molar-refractivity contribution in [3.63, 3.8) is 0 Å². The molecule has 0 saturated heterocycles. The highest BCUT2D eigenvalue weighted by Gasteiger charge is 2.14. The smallest absolute Gasteiger partial charge is 0.106 e. The molecule has 2 aromatic carbocycles. The molecule has 2 aromatic rings. The van der Waals surface area contributed by atoms with Gasteiger partial charge in [0.15, 0.2) is 0 Å². The highest BCUT2D eigenvalue weighted by molar-refractivity contribution is 6.42. The Labute approximate surface area is 104 Å². The normalized spacial score (nSPS) is 12.4. The van der Waals surface area contributed by atoms with Crippen LogP contribution in [0.15, 0.2) is 48.5 Å². The van der Waals surface area contributed by atoms with Crippen molar-refractivity contribution in [2.75, 3.05) is 0 Å². The van der Waals surface area contributed by atoms with E-state index in [1.807, 2.05) is 30.3 Å². The van der Waals surface area contributed by atoms with Gasteiger partial charge in [-0.05, 0) is 11.6 Å². The zero-order valence-electron chi connectivity index (χ0n) is 8.40. The van der Waals surface area contributed by atoms with Gasteiger partial charge in [0.1, 0.15) is 6.10 Å². The average molecular weight is 253 g/mol. The van der Waals surface area contributed by atoms with Crippen LogP contribution in [0.3, 0.4) is 0 Å². The van der Waals surface area contributed by atoms with Crippen molar-refractivity contribution in [1.29, 1.82) is 0 Å². The largest absolute Gasteiger partial charge is 0.384 e. The summed E-state index contributed by atoms with van der Waals surface area (Å²) in [7, 11) is 0. The summed E-state index contributed by atoms with van der Waals surface area (Å²) < 4.78 is 0. The summed E-state index contributed by atoms with van der Waals surface area (Å²) in [5.41, 5.74) is 1.42. The number of aliphatic hydroxyl groups excluding tert-OH is 1. The number of hydrogen-bond donors (Lipinski definition) is 1. The number of halogens is 2. The SMILES string of the molecule is O[C@@H](c1ccccc1)c1cccc(Cl)c1Cl. The lowest BCUT2D eigenvalue weighted by atomic mass is 10.0. The van der Waals surface area contributed by atoms with Crippen LogP contribution in [0.1, 0.15) is 17.2 Å². The lowest BCUT2D eigenvalue weighted by Gasteiger charge is -2.13. The van der Waals surface area contributed by atoms with Gasteiger partial charge in [-0.1, -0.05) is 65.7 Å². The number of rotatable bonds is 2. The molecule has 0 unspecified atom stereocenters. The van der Waals surface area contributed by atoms with Gasteiger partial charge in [-0.15, -0.1) is 0 Å². The number of aliphatic hydroxyl groups is 1. The van der Waals surface area contributed by atoms with E-state index in [4.69, 9.17) is 23.2 Å². The topological polar surface area (TPSA) is 20.2 Å². The predicted molar refractivity (Wildman–Crippen MR) is 67.0 cm³/mol. The van der Waals surface area contributed by atoms with Crippen LogP contribution in [0.2, 0.25) is 10.0 Å². The Kier molecular flexibility index (Phi) is 3.49. The molecule has 0 fully saturated rings. The molecule has 0 spiro atoms. The monoisotopic (exact) mass is 252 g/mol. The first-order chi connectivity index (χ1) is 7.70. The van der Waals surface area contributed by atoms with Crippen LogP contribution in [-0.4, -0.2) is 5.11 Å². The summed E-state index contributed by atoms with van der Waals surface area (Å²) in [6.45, 7) is 0. The van der Waals surface area contributed by atoms with Gasteiger partial charge in [0, 0.05) is 5.56 Å². The van der Waals surface area contributed by atoms with E-state index in [1.54, 1.807) is 18.2 Å². The average Bonchev–Trinajstić information content (AvgIpc) is 2.33. The Morgan fingerprint density at radius 3 is 2.25 bits per heavy atom. The van der Waals surface area contributed by atoms with Gasteiger partial charge in [-0.3, -0.25) is 0 Å². The second-order valence-electron chi connectivity index (χ2n) is 3.46. The molecule has 0 aromatic heterocycles. The van der Waals surface area contributed by atoms with E-state index in [1.165, 1.54) is 0 Å². The van der Waals surface area contributed by atoms with Gasteiger partial charge in [0.2, 0.25) is 0 Å². The third kappa shape index (κ3) is 2.22. The Bertz CT molecular complexity index is 483. The van der Waals surface area contributed by atoms with Crippen molar-refractivity contribution in [3.8, 4) is 0 Å². The van der Waals surface area contributed by atoms with Crippen molar-refractivity contribution in [1.82, 2.24) is 0 Å². The molecule has 1 nitrogen and oxygen atoms in total. The van der Waals surface area contributed by atoms with Crippen LogP contribution < -0.4 is 0 Å². The minimum Gasteiger partial charge on any atom is -0.384 e. The molecule has 0 radical (unpaired) electrons. The molecule has 16 heavy (non-hydrogen) atoms. The van der Waals surface area contributed by atoms with Gasteiger partial charge in [-0.2, -0.15) is 0 Å². The lowest BCUT2D eigenvalue weighted by molar-refractivity contribution is 0.220. The fourth-order valence-corrected chi connectivity index (χ4v) is 1.96. The second kappa shape index (κ2) is 4.88. The summed E-state index contributed by atoms with van der Waals surface area (Å²) in [6, 6.07) is 14.6. The zero-order valence-corrected chi connectivity index (χ0v) is 9.91. The van der Waals surface area contributed by atoms with E-state index in [0.29, 0.717) is 15.6 Å². The molecule has 0 bridgehead atoms. The van der Waals surface area contributed by atoms with Crippen LogP contribution in [0.5, 0.6) is 0 Å². The van der Waals surface area contributed by atoms with Crippen molar-refractivity contribution >= 4 is 23.2 Å². The van der Waals surface area contributed by atoms with E-state index in [-0.39, 0.29) is 0 Å². The van der Waals surface area contributed by atoms with E-state index in [2.05, 4.69) is 0 Å². The summed E-state index contributed by atoms with van der Waals surface area (Å²) in [6.07, 6.45) is -0.743. The summed E-state index contributed by atoms with van der Waals surface area (Å²) in [5.74, 6) is 0. The maximum absolute atomic E-state index is 10.2. The molecule has 0 heterocycles. The number of hydrogen-bond acceptors (Lipinski definition) is 1. The van der Waals surface area contributed by atoms with Gasteiger partial charge in [-0.25, -0.2) is 0 Å². The molecule has 0 aliphatic rings. The molecular formula is C13H10Cl2O. The third-order valence-electron chi connectivity index (χ3n) is 2.39. The standard InChI is InChI=1S/C13H10Cl2O/c14-11-8-4-7-10(12(11)15)13(16)9-5-2-1-3-6-9/h1-8,13,16H/t13-/m0/s1. The maximum atomic E-state index is 10.2. The van der Waals surface area contributed by atoms with Crippen LogP contribution in [0.4, 0.5) is 0 Å². The molecule has 1 N–H and O–H groups in total. The highest BCUT2D eigenvalue weighted by Crippen LogP contribution is 2.32. The minimum absolute atomic E-state index is 0.403. The molecule has 3 heteroatoms. The first-order valence-corrected chi connectivity index (χ1v) is 5.62.